The second kappa shape index (κ2) is 5.58. The molecular formula is C15H21NO3S. The average Bonchev–Trinajstić information content (AvgIpc) is 2.60. The molecule has 0 fully saturated rings. The second-order valence-electron chi connectivity index (χ2n) is 5.81. The first-order valence-corrected chi connectivity index (χ1v) is 8.08. The van der Waals surface area contributed by atoms with Crippen LogP contribution in [0.3, 0.4) is 0 Å². The van der Waals surface area contributed by atoms with E-state index in [0.29, 0.717) is 23.7 Å². The van der Waals surface area contributed by atoms with Crippen molar-refractivity contribution in [2.24, 2.45) is 5.41 Å². The van der Waals surface area contributed by atoms with Gasteiger partial charge in [-0.05, 0) is 36.1 Å². The lowest BCUT2D eigenvalue weighted by Gasteiger charge is -2.28. The molecule has 1 aromatic rings. The molecule has 0 N–H and O–H groups in total. The van der Waals surface area contributed by atoms with E-state index in [4.69, 9.17) is 4.74 Å². The molecule has 0 amide bonds. The first-order valence-electron chi connectivity index (χ1n) is 6.64. The minimum Gasteiger partial charge on any atom is -0.497 e. The number of nitrogens with zero attached hydrogens (tertiary/aromatic N) is 1. The summed E-state index contributed by atoms with van der Waals surface area (Å²) in [4.78, 5) is 0.310. The van der Waals surface area contributed by atoms with Gasteiger partial charge < -0.3 is 4.74 Å². The van der Waals surface area contributed by atoms with Gasteiger partial charge in [-0.25, -0.2) is 8.42 Å². The number of hydrogen-bond acceptors (Lipinski definition) is 3. The van der Waals surface area contributed by atoms with Crippen LogP contribution in [0.1, 0.15) is 20.3 Å². The largest absolute Gasteiger partial charge is 0.497 e. The van der Waals surface area contributed by atoms with Crippen molar-refractivity contribution < 1.29 is 13.2 Å². The van der Waals surface area contributed by atoms with Gasteiger partial charge in [0.1, 0.15) is 5.75 Å². The van der Waals surface area contributed by atoms with E-state index in [2.05, 4.69) is 19.9 Å². The molecule has 0 radical (unpaired) electrons. The van der Waals surface area contributed by atoms with Crippen LogP contribution in [0, 0.1) is 5.41 Å². The van der Waals surface area contributed by atoms with Crippen molar-refractivity contribution in [3.8, 4) is 5.75 Å². The highest BCUT2D eigenvalue weighted by Gasteiger charge is 2.30. The summed E-state index contributed by atoms with van der Waals surface area (Å²) in [5, 5.41) is 0. The van der Waals surface area contributed by atoms with E-state index in [1.165, 1.54) is 4.31 Å². The SMILES string of the molecule is COc1ccc(S(=O)(=O)N2CC=CCC(C)(C)C2)cc1. The molecule has 1 aliphatic heterocycles. The number of sulfonamides is 1. The molecule has 0 spiro atoms. The highest BCUT2D eigenvalue weighted by atomic mass is 32.2. The van der Waals surface area contributed by atoms with Gasteiger partial charge in [0.25, 0.3) is 0 Å². The Bertz CT molecular complexity index is 588. The fourth-order valence-corrected chi connectivity index (χ4v) is 3.86. The van der Waals surface area contributed by atoms with E-state index < -0.39 is 10.0 Å². The summed E-state index contributed by atoms with van der Waals surface area (Å²) in [7, 11) is -1.89. The third-order valence-electron chi connectivity index (χ3n) is 3.45. The normalized spacial score (nSPS) is 19.6. The van der Waals surface area contributed by atoms with Gasteiger partial charge >= 0.3 is 0 Å². The molecule has 1 aliphatic rings. The Hall–Kier alpha value is -1.33. The van der Waals surface area contributed by atoms with Crippen LogP contribution in [0.5, 0.6) is 5.75 Å². The zero-order valence-corrected chi connectivity index (χ0v) is 13.0. The van der Waals surface area contributed by atoms with Gasteiger partial charge in [0.15, 0.2) is 0 Å². The van der Waals surface area contributed by atoms with Crippen molar-refractivity contribution in [3.63, 3.8) is 0 Å². The fourth-order valence-electron chi connectivity index (χ4n) is 2.28. The molecule has 1 aromatic carbocycles. The predicted octanol–water partition coefficient (Wildman–Crippen LogP) is 2.67. The van der Waals surface area contributed by atoms with Crippen LogP contribution >= 0.6 is 0 Å². The Kier molecular flexibility index (Phi) is 4.20. The maximum atomic E-state index is 12.7. The maximum Gasteiger partial charge on any atom is 0.243 e. The van der Waals surface area contributed by atoms with Crippen molar-refractivity contribution in [2.75, 3.05) is 20.2 Å². The third-order valence-corrected chi connectivity index (χ3v) is 5.27. The van der Waals surface area contributed by atoms with Crippen LogP contribution in [-0.4, -0.2) is 32.9 Å². The fraction of sp³-hybridized carbons (Fsp3) is 0.467. The molecular weight excluding hydrogens is 274 g/mol. The van der Waals surface area contributed by atoms with E-state index in [1.54, 1.807) is 31.4 Å². The number of benzene rings is 1. The summed E-state index contributed by atoms with van der Waals surface area (Å²) in [6.07, 6.45) is 4.88. The Morgan fingerprint density at radius 2 is 1.80 bits per heavy atom. The van der Waals surface area contributed by atoms with Crippen molar-refractivity contribution in [3.05, 3.63) is 36.4 Å². The highest BCUT2D eigenvalue weighted by molar-refractivity contribution is 7.89. The lowest BCUT2D eigenvalue weighted by atomic mass is 9.90. The van der Waals surface area contributed by atoms with E-state index >= 15 is 0 Å². The van der Waals surface area contributed by atoms with Gasteiger partial charge in [0.05, 0.1) is 12.0 Å². The number of allylic oxidation sites excluding steroid dienone is 1. The molecule has 0 bridgehead atoms. The van der Waals surface area contributed by atoms with Crippen molar-refractivity contribution in [1.82, 2.24) is 4.31 Å². The van der Waals surface area contributed by atoms with Crippen LogP contribution in [-0.2, 0) is 10.0 Å². The minimum absolute atomic E-state index is 0.0491. The number of methoxy groups -OCH3 is 1. The van der Waals surface area contributed by atoms with Crippen LogP contribution in [0.25, 0.3) is 0 Å². The summed E-state index contributed by atoms with van der Waals surface area (Å²) in [6, 6.07) is 6.53. The topological polar surface area (TPSA) is 46.6 Å². The Labute approximate surface area is 121 Å². The zero-order chi connectivity index (χ0) is 14.8. The molecule has 0 saturated carbocycles. The number of hydrogen-bond donors (Lipinski definition) is 0. The Morgan fingerprint density at radius 3 is 2.40 bits per heavy atom. The molecule has 1 heterocycles. The van der Waals surface area contributed by atoms with E-state index in [0.717, 1.165) is 6.42 Å². The van der Waals surface area contributed by atoms with Crippen molar-refractivity contribution in [1.29, 1.82) is 0 Å². The summed E-state index contributed by atoms with van der Waals surface area (Å²) in [5.74, 6) is 0.653. The lowest BCUT2D eigenvalue weighted by Crippen LogP contribution is -2.37. The molecule has 0 saturated heterocycles. The summed E-state index contributed by atoms with van der Waals surface area (Å²) in [5.41, 5.74) is -0.0491. The standard InChI is InChI=1S/C15H21NO3S/c1-15(2)10-4-5-11-16(12-15)20(17,18)14-8-6-13(19-3)7-9-14/h4-9H,10-12H2,1-3H3. The van der Waals surface area contributed by atoms with Gasteiger partial charge in [-0.1, -0.05) is 26.0 Å². The molecule has 0 atom stereocenters. The first-order chi connectivity index (χ1) is 9.35. The molecule has 20 heavy (non-hydrogen) atoms. The van der Waals surface area contributed by atoms with Crippen LogP contribution in [0.15, 0.2) is 41.3 Å². The van der Waals surface area contributed by atoms with E-state index in [9.17, 15) is 8.42 Å². The smallest absolute Gasteiger partial charge is 0.243 e. The van der Waals surface area contributed by atoms with Crippen LogP contribution < -0.4 is 4.74 Å². The van der Waals surface area contributed by atoms with Gasteiger partial charge in [0, 0.05) is 13.1 Å². The van der Waals surface area contributed by atoms with E-state index in [-0.39, 0.29) is 5.41 Å². The van der Waals surface area contributed by atoms with Gasteiger partial charge in [-0.15, -0.1) is 0 Å². The monoisotopic (exact) mass is 295 g/mol. The molecule has 5 heteroatoms. The predicted molar refractivity (Wildman–Crippen MR) is 79.3 cm³/mol. The van der Waals surface area contributed by atoms with Gasteiger partial charge in [0.2, 0.25) is 10.0 Å². The summed E-state index contributed by atoms with van der Waals surface area (Å²) < 4.78 is 32.0. The summed E-state index contributed by atoms with van der Waals surface area (Å²) >= 11 is 0. The van der Waals surface area contributed by atoms with Crippen molar-refractivity contribution >= 4 is 10.0 Å². The molecule has 2 rings (SSSR count). The Morgan fingerprint density at radius 1 is 1.15 bits per heavy atom. The van der Waals surface area contributed by atoms with Crippen LogP contribution in [0.2, 0.25) is 0 Å². The van der Waals surface area contributed by atoms with Gasteiger partial charge in [-0.3, -0.25) is 0 Å². The molecule has 0 unspecified atom stereocenters. The third kappa shape index (κ3) is 3.22. The van der Waals surface area contributed by atoms with Crippen molar-refractivity contribution in [2.45, 2.75) is 25.2 Å². The maximum absolute atomic E-state index is 12.7. The molecule has 0 aliphatic carbocycles. The van der Waals surface area contributed by atoms with E-state index in [1.807, 2.05) is 6.08 Å². The molecule has 4 nitrogen and oxygen atoms in total. The first kappa shape index (κ1) is 15.1. The average molecular weight is 295 g/mol. The number of ether oxygens (including phenoxy) is 1. The lowest BCUT2D eigenvalue weighted by molar-refractivity contribution is 0.282. The second-order valence-corrected chi connectivity index (χ2v) is 7.75. The summed E-state index contributed by atoms with van der Waals surface area (Å²) in [6.45, 7) is 5.12. The quantitative estimate of drug-likeness (QED) is 0.805. The van der Waals surface area contributed by atoms with Crippen LogP contribution in [0.4, 0.5) is 0 Å². The number of rotatable bonds is 3. The zero-order valence-electron chi connectivity index (χ0n) is 12.2. The molecule has 110 valence electrons. The minimum atomic E-state index is -3.45. The Balaban J connectivity index is 2.31. The highest BCUT2D eigenvalue weighted by Crippen LogP contribution is 2.28. The molecule has 0 aromatic heterocycles. The van der Waals surface area contributed by atoms with Gasteiger partial charge in [-0.2, -0.15) is 4.31 Å².